The van der Waals surface area contributed by atoms with E-state index >= 15 is 0 Å². The lowest BCUT2D eigenvalue weighted by Gasteiger charge is -2.17. The van der Waals surface area contributed by atoms with Gasteiger partial charge in [0.15, 0.2) is 0 Å². The zero-order chi connectivity index (χ0) is 16.0. The van der Waals surface area contributed by atoms with E-state index in [0.29, 0.717) is 19.5 Å². The average molecular weight is 318 g/mol. The largest absolute Gasteiger partial charge is 0.481 e. The molecule has 0 aromatic rings. The first kappa shape index (κ1) is 16.2. The van der Waals surface area contributed by atoms with E-state index in [9.17, 15) is 18.0 Å². The van der Waals surface area contributed by atoms with Crippen molar-refractivity contribution in [3.8, 4) is 0 Å². The molecule has 1 aliphatic carbocycles. The number of hydrogen-bond donors (Lipinski definition) is 2. The van der Waals surface area contributed by atoms with E-state index in [-0.39, 0.29) is 12.5 Å². The van der Waals surface area contributed by atoms with E-state index in [2.05, 4.69) is 4.72 Å². The monoisotopic (exact) mass is 318 g/mol. The summed E-state index contributed by atoms with van der Waals surface area (Å²) in [5.74, 6) is -2.42. The van der Waals surface area contributed by atoms with Crippen LogP contribution < -0.4 is 4.72 Å². The van der Waals surface area contributed by atoms with Gasteiger partial charge in [0.25, 0.3) is 0 Å². The van der Waals surface area contributed by atoms with E-state index in [0.717, 1.165) is 0 Å². The second-order valence-corrected chi connectivity index (χ2v) is 8.40. The zero-order valence-corrected chi connectivity index (χ0v) is 13.3. The molecule has 0 aromatic carbocycles. The Balaban J connectivity index is 2.03. The fourth-order valence-electron chi connectivity index (χ4n) is 3.26. The molecule has 1 unspecified atom stereocenters. The van der Waals surface area contributed by atoms with Crippen LogP contribution in [0, 0.1) is 17.3 Å². The van der Waals surface area contributed by atoms with Crippen molar-refractivity contribution in [2.45, 2.75) is 32.4 Å². The van der Waals surface area contributed by atoms with Crippen LogP contribution >= 0.6 is 0 Å². The number of amides is 1. The van der Waals surface area contributed by atoms with E-state index in [4.69, 9.17) is 5.11 Å². The third-order valence-electron chi connectivity index (χ3n) is 4.60. The van der Waals surface area contributed by atoms with Crippen LogP contribution in [-0.4, -0.2) is 55.2 Å². The smallest absolute Gasteiger partial charge is 0.307 e. The van der Waals surface area contributed by atoms with Crippen molar-refractivity contribution in [3.63, 3.8) is 0 Å². The normalized spacial score (nSPS) is 31.2. The first-order valence-corrected chi connectivity index (χ1v) is 8.67. The number of nitrogens with zero attached hydrogens (tertiary/aromatic N) is 1. The minimum Gasteiger partial charge on any atom is -0.481 e. The van der Waals surface area contributed by atoms with Crippen LogP contribution in [0.3, 0.4) is 0 Å². The molecular formula is C13H22N2O5S. The molecule has 1 amide bonds. The molecule has 2 rings (SSSR count). The number of carbonyl (C=O) groups is 2. The zero-order valence-electron chi connectivity index (χ0n) is 12.5. The Morgan fingerprint density at radius 2 is 1.95 bits per heavy atom. The van der Waals surface area contributed by atoms with Gasteiger partial charge in [-0.05, 0) is 11.8 Å². The number of likely N-dealkylation sites (tertiary alicyclic amines) is 1. The molecule has 1 aliphatic heterocycles. The lowest BCUT2D eigenvalue weighted by Crippen LogP contribution is -2.38. The minimum atomic E-state index is -3.40. The Labute approximate surface area is 124 Å². The van der Waals surface area contributed by atoms with Gasteiger partial charge in [-0.2, -0.15) is 0 Å². The van der Waals surface area contributed by atoms with Gasteiger partial charge in [0.05, 0.1) is 17.1 Å². The lowest BCUT2D eigenvalue weighted by atomic mass is 10.1. The second kappa shape index (κ2) is 5.24. The van der Waals surface area contributed by atoms with Crippen LogP contribution in [0.4, 0.5) is 0 Å². The second-order valence-electron chi connectivity index (χ2n) is 6.35. The predicted octanol–water partition coefficient (Wildman–Crippen LogP) is -0.117. The fourth-order valence-corrected chi connectivity index (χ4v) is 4.69. The molecule has 0 radical (unpaired) electrons. The molecule has 3 atom stereocenters. The van der Waals surface area contributed by atoms with Crippen molar-refractivity contribution in [1.29, 1.82) is 0 Å². The van der Waals surface area contributed by atoms with Crippen LogP contribution in [0.1, 0.15) is 27.2 Å². The number of carboxylic acid groups (broad SMARTS) is 1. The third-order valence-corrected chi connectivity index (χ3v) is 6.55. The lowest BCUT2D eigenvalue weighted by molar-refractivity contribution is -0.141. The molecule has 2 fully saturated rings. The Morgan fingerprint density at radius 3 is 2.43 bits per heavy atom. The molecule has 120 valence electrons. The molecule has 1 heterocycles. The number of aliphatic carboxylic acids is 1. The number of hydrogen-bond acceptors (Lipinski definition) is 4. The summed E-state index contributed by atoms with van der Waals surface area (Å²) >= 11 is 0. The first-order valence-electron chi connectivity index (χ1n) is 7.13. The van der Waals surface area contributed by atoms with Crippen LogP contribution in [0.25, 0.3) is 0 Å². The number of sulfonamides is 1. The highest BCUT2D eigenvalue weighted by Crippen LogP contribution is 2.59. The van der Waals surface area contributed by atoms with Crippen LogP contribution in [0.15, 0.2) is 0 Å². The summed E-state index contributed by atoms with van der Waals surface area (Å²) in [5.41, 5.74) is -0.554. The van der Waals surface area contributed by atoms with Crippen molar-refractivity contribution in [2.24, 2.45) is 17.3 Å². The van der Waals surface area contributed by atoms with Crippen molar-refractivity contribution >= 4 is 21.9 Å². The van der Waals surface area contributed by atoms with E-state index in [1.165, 1.54) is 4.90 Å². The van der Waals surface area contributed by atoms with E-state index in [1.54, 1.807) is 20.8 Å². The standard InChI is InChI=1S/C13H22N2O5S/c1-4-14-21(19,20)8-5-6-15(7-8)11(16)9-10(12(17)18)13(9,2)3/h8-10,14H,4-7H2,1-3H3,(H,17,18)/t8?,9-,10+/m0/s1. The van der Waals surface area contributed by atoms with Crippen LogP contribution in [0.5, 0.6) is 0 Å². The highest BCUT2D eigenvalue weighted by atomic mass is 32.2. The molecule has 0 spiro atoms. The summed E-state index contributed by atoms with van der Waals surface area (Å²) in [7, 11) is -3.40. The van der Waals surface area contributed by atoms with E-state index in [1.807, 2.05) is 0 Å². The maximum atomic E-state index is 12.4. The van der Waals surface area contributed by atoms with Gasteiger partial charge in [0.1, 0.15) is 0 Å². The van der Waals surface area contributed by atoms with Crippen LogP contribution in [0.2, 0.25) is 0 Å². The maximum Gasteiger partial charge on any atom is 0.307 e. The van der Waals surface area contributed by atoms with Gasteiger partial charge in [-0.1, -0.05) is 20.8 Å². The number of carboxylic acids is 1. The highest BCUT2D eigenvalue weighted by molar-refractivity contribution is 7.90. The molecule has 7 nitrogen and oxygen atoms in total. The molecule has 8 heteroatoms. The number of nitrogens with one attached hydrogen (secondary N) is 1. The molecule has 0 bridgehead atoms. The number of carbonyl (C=O) groups excluding carboxylic acids is 1. The SMILES string of the molecule is CCNS(=O)(=O)C1CCN(C(=O)[C@@H]2[C@H](C(=O)O)C2(C)C)C1. The summed E-state index contributed by atoms with van der Waals surface area (Å²) < 4.78 is 26.3. The van der Waals surface area contributed by atoms with Crippen molar-refractivity contribution in [3.05, 3.63) is 0 Å². The van der Waals surface area contributed by atoms with Crippen LogP contribution in [-0.2, 0) is 19.6 Å². The Bertz CT molecular complexity index is 557. The van der Waals surface area contributed by atoms with E-state index < -0.39 is 38.5 Å². The molecule has 1 saturated heterocycles. The third kappa shape index (κ3) is 2.78. The van der Waals surface area contributed by atoms with Gasteiger partial charge in [0, 0.05) is 19.6 Å². The van der Waals surface area contributed by atoms with Gasteiger partial charge in [-0.15, -0.1) is 0 Å². The molecule has 2 aliphatic rings. The van der Waals surface area contributed by atoms with Gasteiger partial charge in [-0.25, -0.2) is 13.1 Å². The molecular weight excluding hydrogens is 296 g/mol. The van der Waals surface area contributed by atoms with Gasteiger partial charge in [-0.3, -0.25) is 9.59 Å². The Morgan fingerprint density at radius 1 is 1.33 bits per heavy atom. The summed E-state index contributed by atoms with van der Waals surface area (Å²) in [6.45, 7) is 6.07. The van der Waals surface area contributed by atoms with Gasteiger partial charge >= 0.3 is 5.97 Å². The van der Waals surface area contributed by atoms with Crippen molar-refractivity contribution < 1.29 is 23.1 Å². The van der Waals surface area contributed by atoms with Crippen molar-refractivity contribution in [2.75, 3.05) is 19.6 Å². The van der Waals surface area contributed by atoms with Gasteiger partial charge < -0.3 is 10.0 Å². The molecule has 21 heavy (non-hydrogen) atoms. The fraction of sp³-hybridized carbons (Fsp3) is 0.846. The molecule has 2 N–H and O–H groups in total. The highest BCUT2D eigenvalue weighted by Gasteiger charge is 2.66. The topological polar surface area (TPSA) is 104 Å². The first-order chi connectivity index (χ1) is 9.63. The molecule has 0 aromatic heterocycles. The maximum absolute atomic E-state index is 12.4. The molecule has 1 saturated carbocycles. The summed E-state index contributed by atoms with van der Waals surface area (Å²) in [4.78, 5) is 25.0. The Kier molecular flexibility index (Phi) is 4.05. The summed E-state index contributed by atoms with van der Waals surface area (Å²) in [6.07, 6.45) is 0.395. The quantitative estimate of drug-likeness (QED) is 0.736. The summed E-state index contributed by atoms with van der Waals surface area (Å²) in [6, 6.07) is 0. The number of rotatable bonds is 5. The Hall–Kier alpha value is -1.15. The minimum absolute atomic E-state index is 0.146. The predicted molar refractivity (Wildman–Crippen MR) is 76.0 cm³/mol. The van der Waals surface area contributed by atoms with Gasteiger partial charge in [0.2, 0.25) is 15.9 Å². The summed E-state index contributed by atoms with van der Waals surface area (Å²) in [5, 5.41) is 8.52. The van der Waals surface area contributed by atoms with Crippen molar-refractivity contribution in [1.82, 2.24) is 9.62 Å². The average Bonchev–Trinajstić information content (AvgIpc) is 2.76.